The minimum atomic E-state index is 0.537. The van der Waals surface area contributed by atoms with Crippen molar-refractivity contribution in [2.24, 2.45) is 0 Å². The van der Waals surface area contributed by atoms with E-state index in [2.05, 4.69) is 32.4 Å². The van der Waals surface area contributed by atoms with Gasteiger partial charge in [-0.05, 0) is 42.4 Å². The summed E-state index contributed by atoms with van der Waals surface area (Å²) in [6.07, 6.45) is 7.85. The van der Waals surface area contributed by atoms with Crippen LogP contribution in [0.3, 0.4) is 0 Å². The van der Waals surface area contributed by atoms with Crippen molar-refractivity contribution in [1.29, 1.82) is 0 Å². The monoisotopic (exact) mass is 319 g/mol. The van der Waals surface area contributed by atoms with Gasteiger partial charge in [0.15, 0.2) is 0 Å². The summed E-state index contributed by atoms with van der Waals surface area (Å²) in [5.41, 5.74) is 7.15. The fraction of sp³-hybridized carbons (Fsp3) is 0.727. The molecule has 1 aromatic heterocycles. The Labute approximate surface area is 105 Å². The predicted octanol–water partition coefficient (Wildman–Crippen LogP) is 3.27. The third-order valence-electron chi connectivity index (χ3n) is 3.22. The summed E-state index contributed by atoms with van der Waals surface area (Å²) in [6, 6.07) is 0.537. The molecule has 0 spiro atoms. The zero-order valence-electron chi connectivity index (χ0n) is 9.17. The highest BCUT2D eigenvalue weighted by molar-refractivity contribution is 14.1. The van der Waals surface area contributed by atoms with Crippen LogP contribution in [0.5, 0.6) is 0 Å². The third-order valence-corrected chi connectivity index (χ3v) is 4.55. The molecule has 0 radical (unpaired) electrons. The molecule has 2 N–H and O–H groups in total. The summed E-state index contributed by atoms with van der Waals surface area (Å²) in [7, 11) is 0. The smallest absolute Gasteiger partial charge is 0.135 e. The van der Waals surface area contributed by atoms with Crippen LogP contribution in [0.4, 0.5) is 5.82 Å². The zero-order chi connectivity index (χ0) is 10.8. The SMILES string of the molecule is Cc1nn(C2CCCCCC2)c(N)c1I. The predicted molar refractivity (Wildman–Crippen MR) is 70.8 cm³/mol. The van der Waals surface area contributed by atoms with Gasteiger partial charge in [-0.25, -0.2) is 4.68 Å². The molecule has 1 fully saturated rings. The number of aryl methyl sites for hydroxylation is 1. The normalized spacial score (nSPS) is 19.1. The number of halogens is 1. The van der Waals surface area contributed by atoms with Gasteiger partial charge in [0.1, 0.15) is 5.82 Å². The third kappa shape index (κ3) is 2.29. The lowest BCUT2D eigenvalue weighted by atomic mass is 10.1. The van der Waals surface area contributed by atoms with Crippen molar-refractivity contribution in [3.8, 4) is 0 Å². The van der Waals surface area contributed by atoms with Crippen LogP contribution in [-0.4, -0.2) is 9.78 Å². The molecule has 0 amide bonds. The summed E-state index contributed by atoms with van der Waals surface area (Å²) in [4.78, 5) is 0. The number of aromatic nitrogens is 2. The lowest BCUT2D eigenvalue weighted by Gasteiger charge is -2.16. The van der Waals surface area contributed by atoms with E-state index in [4.69, 9.17) is 5.73 Å². The minimum absolute atomic E-state index is 0.537. The molecule has 0 unspecified atom stereocenters. The molecule has 0 bridgehead atoms. The molecule has 0 aromatic carbocycles. The van der Waals surface area contributed by atoms with Crippen LogP contribution in [0, 0.1) is 10.5 Å². The molecule has 1 saturated carbocycles. The van der Waals surface area contributed by atoms with E-state index in [0.717, 1.165) is 15.1 Å². The molecule has 84 valence electrons. The number of nitrogen functional groups attached to an aromatic ring is 1. The van der Waals surface area contributed by atoms with Gasteiger partial charge in [-0.3, -0.25) is 0 Å². The maximum atomic E-state index is 6.08. The van der Waals surface area contributed by atoms with Gasteiger partial charge < -0.3 is 5.73 Å². The van der Waals surface area contributed by atoms with Crippen LogP contribution >= 0.6 is 22.6 Å². The van der Waals surface area contributed by atoms with Crippen molar-refractivity contribution in [3.63, 3.8) is 0 Å². The standard InChI is InChI=1S/C11H18IN3/c1-8-10(12)11(13)15(14-8)9-6-4-2-3-5-7-9/h9H,2-7,13H2,1H3. The highest BCUT2D eigenvalue weighted by atomic mass is 127. The number of rotatable bonds is 1. The first-order valence-corrected chi connectivity index (χ1v) is 6.78. The first-order chi connectivity index (χ1) is 7.20. The first kappa shape index (κ1) is 11.2. The van der Waals surface area contributed by atoms with Gasteiger partial charge in [-0.15, -0.1) is 0 Å². The van der Waals surface area contributed by atoms with Gasteiger partial charge in [0.25, 0.3) is 0 Å². The van der Waals surface area contributed by atoms with Gasteiger partial charge in [-0.2, -0.15) is 5.10 Å². The van der Waals surface area contributed by atoms with Crippen molar-refractivity contribution in [1.82, 2.24) is 9.78 Å². The summed E-state index contributed by atoms with van der Waals surface area (Å²) in [6.45, 7) is 2.03. The van der Waals surface area contributed by atoms with E-state index in [1.807, 2.05) is 6.92 Å². The van der Waals surface area contributed by atoms with E-state index in [0.29, 0.717) is 6.04 Å². The van der Waals surface area contributed by atoms with E-state index in [1.54, 1.807) is 0 Å². The molecule has 1 aromatic rings. The van der Waals surface area contributed by atoms with Crippen LogP contribution < -0.4 is 5.73 Å². The average Bonchev–Trinajstić information content (AvgIpc) is 2.51. The summed E-state index contributed by atoms with van der Waals surface area (Å²) >= 11 is 2.29. The Balaban J connectivity index is 2.23. The molecule has 0 atom stereocenters. The Kier molecular flexibility index (Phi) is 3.53. The number of hydrogen-bond donors (Lipinski definition) is 1. The van der Waals surface area contributed by atoms with Crippen LogP contribution in [0.1, 0.15) is 50.3 Å². The van der Waals surface area contributed by atoms with Gasteiger partial charge in [0.2, 0.25) is 0 Å². The summed E-state index contributed by atoms with van der Waals surface area (Å²) < 4.78 is 3.18. The van der Waals surface area contributed by atoms with Crippen molar-refractivity contribution >= 4 is 28.4 Å². The molecular formula is C11H18IN3. The van der Waals surface area contributed by atoms with Crippen LogP contribution in [0.2, 0.25) is 0 Å². The number of nitrogens with zero attached hydrogens (tertiary/aromatic N) is 2. The van der Waals surface area contributed by atoms with E-state index >= 15 is 0 Å². The fourth-order valence-electron chi connectivity index (χ4n) is 2.33. The van der Waals surface area contributed by atoms with Crippen molar-refractivity contribution in [2.75, 3.05) is 5.73 Å². The van der Waals surface area contributed by atoms with Crippen LogP contribution in [0.25, 0.3) is 0 Å². The zero-order valence-corrected chi connectivity index (χ0v) is 11.3. The topological polar surface area (TPSA) is 43.8 Å². The quantitative estimate of drug-likeness (QED) is 0.638. The Morgan fingerprint density at radius 2 is 1.87 bits per heavy atom. The fourth-order valence-corrected chi connectivity index (χ4v) is 2.68. The molecule has 0 aliphatic heterocycles. The highest BCUT2D eigenvalue weighted by Crippen LogP contribution is 2.30. The summed E-state index contributed by atoms with van der Waals surface area (Å²) in [5, 5.41) is 4.56. The average molecular weight is 319 g/mol. The highest BCUT2D eigenvalue weighted by Gasteiger charge is 2.19. The maximum Gasteiger partial charge on any atom is 0.135 e. The van der Waals surface area contributed by atoms with Gasteiger partial charge >= 0.3 is 0 Å². The molecule has 1 aliphatic carbocycles. The van der Waals surface area contributed by atoms with Gasteiger partial charge in [0.05, 0.1) is 15.3 Å². The molecule has 2 rings (SSSR count). The Morgan fingerprint density at radius 3 is 2.33 bits per heavy atom. The number of nitrogens with two attached hydrogens (primary N) is 1. The summed E-state index contributed by atoms with van der Waals surface area (Å²) in [5.74, 6) is 0.861. The lowest BCUT2D eigenvalue weighted by molar-refractivity contribution is 0.409. The number of anilines is 1. The molecule has 15 heavy (non-hydrogen) atoms. The molecule has 4 heteroatoms. The van der Waals surface area contributed by atoms with Crippen LogP contribution in [0.15, 0.2) is 0 Å². The second-order valence-electron chi connectivity index (χ2n) is 4.37. The van der Waals surface area contributed by atoms with Crippen molar-refractivity contribution in [3.05, 3.63) is 9.26 Å². The molecule has 1 aliphatic rings. The van der Waals surface area contributed by atoms with Gasteiger partial charge in [-0.1, -0.05) is 25.7 Å². The Bertz CT molecular complexity index is 338. The largest absolute Gasteiger partial charge is 0.383 e. The maximum absolute atomic E-state index is 6.08. The Hall–Kier alpha value is -0.260. The molecule has 0 saturated heterocycles. The van der Waals surface area contributed by atoms with E-state index in [1.165, 1.54) is 38.5 Å². The van der Waals surface area contributed by atoms with Crippen molar-refractivity contribution < 1.29 is 0 Å². The minimum Gasteiger partial charge on any atom is -0.383 e. The molecule has 1 heterocycles. The molecular weight excluding hydrogens is 301 g/mol. The lowest BCUT2D eigenvalue weighted by Crippen LogP contribution is -2.12. The van der Waals surface area contributed by atoms with E-state index < -0.39 is 0 Å². The van der Waals surface area contributed by atoms with E-state index in [-0.39, 0.29) is 0 Å². The second kappa shape index (κ2) is 4.72. The first-order valence-electron chi connectivity index (χ1n) is 5.70. The number of hydrogen-bond acceptors (Lipinski definition) is 2. The Morgan fingerprint density at radius 1 is 1.27 bits per heavy atom. The van der Waals surface area contributed by atoms with Crippen molar-refractivity contribution in [2.45, 2.75) is 51.5 Å². The van der Waals surface area contributed by atoms with E-state index in [9.17, 15) is 0 Å². The van der Waals surface area contributed by atoms with Gasteiger partial charge in [0, 0.05) is 0 Å². The molecule has 3 nitrogen and oxygen atoms in total. The van der Waals surface area contributed by atoms with Crippen LogP contribution in [-0.2, 0) is 0 Å². The second-order valence-corrected chi connectivity index (χ2v) is 5.45.